The predicted molar refractivity (Wildman–Crippen MR) is 71.4 cm³/mol. The van der Waals surface area contributed by atoms with Gasteiger partial charge in [0.1, 0.15) is 11.8 Å². The third-order valence-electron chi connectivity index (χ3n) is 2.66. The Labute approximate surface area is 107 Å². The number of hydrogen-bond donors (Lipinski definition) is 1. The molecule has 0 amide bonds. The van der Waals surface area contributed by atoms with Crippen molar-refractivity contribution in [2.75, 3.05) is 12.4 Å². The van der Waals surface area contributed by atoms with Crippen molar-refractivity contribution in [1.82, 2.24) is 0 Å². The number of ether oxygens (including phenoxy) is 1. The molecule has 0 aromatic heterocycles. The topological polar surface area (TPSA) is 45.0 Å². The van der Waals surface area contributed by atoms with Crippen LogP contribution in [0, 0.1) is 11.3 Å². The first-order chi connectivity index (χ1) is 8.83. The molecule has 0 saturated heterocycles. The fourth-order valence-electron chi connectivity index (χ4n) is 1.69. The number of rotatable bonds is 4. The molecular weight excluding hydrogens is 224 g/mol. The minimum absolute atomic E-state index is 0.363. The van der Waals surface area contributed by atoms with E-state index in [-0.39, 0.29) is 6.04 Å². The molecule has 0 aliphatic carbocycles. The Kier molecular flexibility index (Phi) is 3.83. The van der Waals surface area contributed by atoms with E-state index in [1.165, 1.54) is 0 Å². The standard InChI is InChI=1S/C15H14N2O/c1-18-14-9-7-12(8-10-14)15(11-16)17-13-5-3-2-4-6-13/h2-10,15,17H,1H3/t15-/m1/s1. The largest absolute Gasteiger partial charge is 0.497 e. The highest BCUT2D eigenvalue weighted by molar-refractivity contribution is 5.47. The molecule has 18 heavy (non-hydrogen) atoms. The molecule has 0 radical (unpaired) electrons. The minimum atomic E-state index is -0.363. The van der Waals surface area contributed by atoms with E-state index >= 15 is 0 Å². The highest BCUT2D eigenvalue weighted by atomic mass is 16.5. The van der Waals surface area contributed by atoms with Crippen LogP contribution in [0.15, 0.2) is 54.6 Å². The van der Waals surface area contributed by atoms with Crippen molar-refractivity contribution in [2.45, 2.75) is 6.04 Å². The highest BCUT2D eigenvalue weighted by Gasteiger charge is 2.09. The number of methoxy groups -OCH3 is 1. The van der Waals surface area contributed by atoms with Crippen LogP contribution in [0.4, 0.5) is 5.69 Å². The number of nitrogens with one attached hydrogen (secondary N) is 1. The summed E-state index contributed by atoms with van der Waals surface area (Å²) in [5, 5.41) is 12.4. The zero-order valence-electron chi connectivity index (χ0n) is 10.1. The average molecular weight is 238 g/mol. The normalized spacial score (nSPS) is 11.3. The monoisotopic (exact) mass is 238 g/mol. The quantitative estimate of drug-likeness (QED) is 0.888. The summed E-state index contributed by atoms with van der Waals surface area (Å²) in [4.78, 5) is 0. The van der Waals surface area contributed by atoms with Gasteiger partial charge in [-0.2, -0.15) is 5.26 Å². The van der Waals surface area contributed by atoms with Gasteiger partial charge in [0.25, 0.3) is 0 Å². The van der Waals surface area contributed by atoms with Gasteiger partial charge in [-0.15, -0.1) is 0 Å². The number of hydrogen-bond acceptors (Lipinski definition) is 3. The van der Waals surface area contributed by atoms with E-state index in [4.69, 9.17) is 4.74 Å². The summed E-state index contributed by atoms with van der Waals surface area (Å²) in [5.74, 6) is 0.787. The number of nitriles is 1. The van der Waals surface area contributed by atoms with Gasteiger partial charge in [0.15, 0.2) is 0 Å². The summed E-state index contributed by atoms with van der Waals surface area (Å²) >= 11 is 0. The van der Waals surface area contributed by atoms with E-state index < -0.39 is 0 Å². The predicted octanol–water partition coefficient (Wildman–Crippen LogP) is 3.37. The fourth-order valence-corrected chi connectivity index (χ4v) is 1.69. The second-order valence-corrected chi connectivity index (χ2v) is 3.85. The molecular formula is C15H14N2O. The molecule has 0 unspecified atom stereocenters. The molecule has 3 heteroatoms. The SMILES string of the molecule is COc1ccc([C@@H](C#N)Nc2ccccc2)cc1. The van der Waals surface area contributed by atoms with E-state index in [2.05, 4.69) is 11.4 Å². The highest BCUT2D eigenvalue weighted by Crippen LogP contribution is 2.21. The van der Waals surface area contributed by atoms with Crippen molar-refractivity contribution in [1.29, 1.82) is 5.26 Å². The smallest absolute Gasteiger partial charge is 0.140 e. The Balaban J connectivity index is 2.16. The first-order valence-corrected chi connectivity index (χ1v) is 5.68. The molecule has 0 heterocycles. The average Bonchev–Trinajstić information content (AvgIpc) is 2.46. The summed E-state index contributed by atoms with van der Waals surface area (Å²) in [6.45, 7) is 0. The maximum Gasteiger partial charge on any atom is 0.140 e. The zero-order chi connectivity index (χ0) is 12.8. The van der Waals surface area contributed by atoms with Gasteiger partial charge < -0.3 is 10.1 Å². The van der Waals surface area contributed by atoms with Crippen molar-refractivity contribution in [3.8, 4) is 11.8 Å². The molecule has 3 nitrogen and oxygen atoms in total. The molecule has 0 spiro atoms. The van der Waals surface area contributed by atoms with Crippen molar-refractivity contribution >= 4 is 5.69 Å². The molecule has 1 N–H and O–H groups in total. The molecule has 1 atom stereocenters. The number of anilines is 1. The van der Waals surface area contributed by atoms with Gasteiger partial charge in [0.05, 0.1) is 13.2 Å². The zero-order valence-corrected chi connectivity index (χ0v) is 10.1. The van der Waals surface area contributed by atoms with E-state index in [0.29, 0.717) is 0 Å². The Bertz CT molecular complexity index is 529. The number of nitrogens with zero attached hydrogens (tertiary/aromatic N) is 1. The third-order valence-corrected chi connectivity index (χ3v) is 2.66. The van der Waals surface area contributed by atoms with Gasteiger partial charge >= 0.3 is 0 Å². The molecule has 0 fully saturated rings. The summed E-state index contributed by atoms with van der Waals surface area (Å²) < 4.78 is 5.10. The van der Waals surface area contributed by atoms with Crippen LogP contribution < -0.4 is 10.1 Å². The molecule has 0 aliphatic rings. The lowest BCUT2D eigenvalue weighted by molar-refractivity contribution is 0.414. The Morgan fingerprint density at radius 1 is 1.06 bits per heavy atom. The van der Waals surface area contributed by atoms with Crippen molar-refractivity contribution in [3.05, 3.63) is 60.2 Å². The van der Waals surface area contributed by atoms with Crippen molar-refractivity contribution in [3.63, 3.8) is 0 Å². The molecule has 2 aromatic rings. The van der Waals surface area contributed by atoms with Crippen molar-refractivity contribution in [2.24, 2.45) is 0 Å². The van der Waals surface area contributed by atoms with Gasteiger partial charge in [0.2, 0.25) is 0 Å². The second-order valence-electron chi connectivity index (χ2n) is 3.85. The van der Waals surface area contributed by atoms with Crippen LogP contribution in [0.2, 0.25) is 0 Å². The molecule has 90 valence electrons. The van der Waals surface area contributed by atoms with Gasteiger partial charge in [-0.25, -0.2) is 0 Å². The molecule has 0 aliphatic heterocycles. The van der Waals surface area contributed by atoms with E-state index in [1.807, 2.05) is 54.6 Å². The van der Waals surface area contributed by atoms with Crippen LogP contribution in [0.1, 0.15) is 11.6 Å². The van der Waals surface area contributed by atoms with Crippen LogP contribution in [0.5, 0.6) is 5.75 Å². The van der Waals surface area contributed by atoms with Crippen LogP contribution in [0.3, 0.4) is 0 Å². The lowest BCUT2D eigenvalue weighted by Gasteiger charge is -2.13. The lowest BCUT2D eigenvalue weighted by Crippen LogP contribution is -2.08. The Morgan fingerprint density at radius 2 is 1.72 bits per heavy atom. The van der Waals surface area contributed by atoms with Gasteiger partial charge in [-0.3, -0.25) is 0 Å². The molecule has 0 saturated carbocycles. The van der Waals surface area contributed by atoms with E-state index in [0.717, 1.165) is 17.0 Å². The van der Waals surface area contributed by atoms with Gasteiger partial charge in [-0.05, 0) is 29.8 Å². The summed E-state index contributed by atoms with van der Waals surface area (Å²) in [7, 11) is 1.62. The first-order valence-electron chi connectivity index (χ1n) is 5.68. The summed E-state index contributed by atoms with van der Waals surface area (Å²) in [6.07, 6.45) is 0. The van der Waals surface area contributed by atoms with E-state index in [9.17, 15) is 5.26 Å². The third kappa shape index (κ3) is 2.80. The maximum atomic E-state index is 9.22. The van der Waals surface area contributed by atoms with Crippen molar-refractivity contribution < 1.29 is 4.74 Å². The second kappa shape index (κ2) is 5.74. The van der Waals surface area contributed by atoms with Gasteiger partial charge in [0, 0.05) is 5.69 Å². The number of para-hydroxylation sites is 1. The van der Waals surface area contributed by atoms with Crippen LogP contribution >= 0.6 is 0 Å². The van der Waals surface area contributed by atoms with Gasteiger partial charge in [-0.1, -0.05) is 30.3 Å². The minimum Gasteiger partial charge on any atom is -0.497 e. The summed E-state index contributed by atoms with van der Waals surface area (Å²) in [5.41, 5.74) is 1.85. The molecule has 2 rings (SSSR count). The Hall–Kier alpha value is -2.47. The Morgan fingerprint density at radius 3 is 2.28 bits per heavy atom. The van der Waals surface area contributed by atoms with E-state index in [1.54, 1.807) is 7.11 Å². The first kappa shape index (κ1) is 12.0. The summed E-state index contributed by atoms with van der Waals surface area (Å²) in [6, 6.07) is 19.1. The maximum absolute atomic E-state index is 9.22. The van der Waals surface area contributed by atoms with Crippen LogP contribution in [-0.2, 0) is 0 Å². The van der Waals surface area contributed by atoms with Crippen LogP contribution in [-0.4, -0.2) is 7.11 Å². The fraction of sp³-hybridized carbons (Fsp3) is 0.133. The number of benzene rings is 2. The lowest BCUT2D eigenvalue weighted by atomic mass is 10.1. The van der Waals surface area contributed by atoms with Crippen LogP contribution in [0.25, 0.3) is 0 Å². The molecule has 2 aromatic carbocycles. The molecule has 0 bridgehead atoms.